The molecule has 0 spiro atoms. The van der Waals surface area contributed by atoms with Crippen molar-refractivity contribution in [2.45, 2.75) is 13.0 Å². The lowest BCUT2D eigenvalue weighted by molar-refractivity contribution is -0.384. The maximum atomic E-state index is 10.8. The van der Waals surface area contributed by atoms with Gasteiger partial charge in [-0.05, 0) is 6.07 Å². The van der Waals surface area contributed by atoms with Crippen molar-refractivity contribution in [3.63, 3.8) is 0 Å². The third-order valence-electron chi connectivity index (χ3n) is 2.71. The molecule has 8 nitrogen and oxygen atoms in total. The summed E-state index contributed by atoms with van der Waals surface area (Å²) in [5.74, 6) is 1.16. The Kier molecular flexibility index (Phi) is 4.61. The van der Waals surface area contributed by atoms with Gasteiger partial charge in [-0.15, -0.1) is 0 Å². The van der Waals surface area contributed by atoms with Gasteiger partial charge in [0.2, 0.25) is 5.89 Å². The maximum absolute atomic E-state index is 10.8. The van der Waals surface area contributed by atoms with Gasteiger partial charge >= 0.3 is 0 Å². The van der Waals surface area contributed by atoms with Crippen molar-refractivity contribution in [1.82, 2.24) is 15.5 Å². The van der Waals surface area contributed by atoms with E-state index in [1.165, 1.54) is 25.6 Å². The number of hydrogen-bond acceptors (Lipinski definition) is 7. The lowest BCUT2D eigenvalue weighted by Gasteiger charge is -2.08. The number of ether oxygens (including phenoxy) is 1. The Labute approximate surface area is 114 Å². The molecule has 0 aliphatic heterocycles. The largest absolute Gasteiger partial charge is 0.496 e. The summed E-state index contributed by atoms with van der Waals surface area (Å²) in [5, 5.41) is 17.4. The molecule has 1 heterocycles. The number of benzene rings is 1. The van der Waals surface area contributed by atoms with Crippen LogP contribution in [0.2, 0.25) is 0 Å². The summed E-state index contributed by atoms with van der Waals surface area (Å²) in [5.41, 5.74) is 0.770. The minimum absolute atomic E-state index is 0.0412. The average molecular weight is 278 g/mol. The SMILES string of the molecule is COc1ccc([N+](=O)[O-])cc1CNCCc1ncno1. The molecule has 0 fully saturated rings. The molecule has 2 rings (SSSR count). The summed E-state index contributed by atoms with van der Waals surface area (Å²) in [6.07, 6.45) is 1.94. The zero-order valence-electron chi connectivity index (χ0n) is 10.9. The number of nitrogens with zero attached hydrogens (tertiary/aromatic N) is 3. The quantitative estimate of drug-likeness (QED) is 0.462. The fourth-order valence-corrected chi connectivity index (χ4v) is 1.74. The Balaban J connectivity index is 1.93. The summed E-state index contributed by atoms with van der Waals surface area (Å²) in [6, 6.07) is 4.51. The molecule has 0 saturated heterocycles. The van der Waals surface area contributed by atoms with E-state index in [1.807, 2.05) is 0 Å². The second-order valence-electron chi connectivity index (χ2n) is 4.02. The van der Waals surface area contributed by atoms with E-state index < -0.39 is 4.92 Å². The minimum Gasteiger partial charge on any atom is -0.496 e. The van der Waals surface area contributed by atoms with Crippen LogP contribution in [0, 0.1) is 10.1 Å². The van der Waals surface area contributed by atoms with Gasteiger partial charge in [0.05, 0.1) is 12.0 Å². The summed E-state index contributed by atoms with van der Waals surface area (Å²) >= 11 is 0. The Morgan fingerprint density at radius 2 is 2.35 bits per heavy atom. The van der Waals surface area contributed by atoms with Gasteiger partial charge < -0.3 is 14.6 Å². The normalized spacial score (nSPS) is 10.4. The Bertz CT molecular complexity index is 571. The first kappa shape index (κ1) is 13.9. The topological polar surface area (TPSA) is 103 Å². The molecule has 8 heteroatoms. The fraction of sp³-hybridized carbons (Fsp3) is 0.333. The smallest absolute Gasteiger partial charge is 0.270 e. The van der Waals surface area contributed by atoms with Gasteiger partial charge in [0.1, 0.15) is 5.75 Å². The van der Waals surface area contributed by atoms with Crippen LogP contribution in [0.1, 0.15) is 11.5 Å². The van der Waals surface area contributed by atoms with Crippen molar-refractivity contribution >= 4 is 5.69 Å². The summed E-state index contributed by atoms with van der Waals surface area (Å²) in [4.78, 5) is 14.2. The fourth-order valence-electron chi connectivity index (χ4n) is 1.74. The van der Waals surface area contributed by atoms with Crippen LogP contribution >= 0.6 is 0 Å². The van der Waals surface area contributed by atoms with E-state index in [1.54, 1.807) is 6.07 Å². The van der Waals surface area contributed by atoms with Crippen LogP contribution < -0.4 is 10.1 Å². The third kappa shape index (κ3) is 3.51. The van der Waals surface area contributed by atoms with Gasteiger partial charge in [-0.2, -0.15) is 4.98 Å². The molecule has 0 atom stereocenters. The molecule has 0 bridgehead atoms. The van der Waals surface area contributed by atoms with Crippen molar-refractivity contribution in [2.24, 2.45) is 0 Å². The highest BCUT2D eigenvalue weighted by Crippen LogP contribution is 2.23. The summed E-state index contributed by atoms with van der Waals surface area (Å²) in [7, 11) is 1.53. The molecule has 0 amide bonds. The number of methoxy groups -OCH3 is 1. The molecule has 106 valence electrons. The lowest BCUT2D eigenvalue weighted by atomic mass is 10.1. The highest BCUT2D eigenvalue weighted by atomic mass is 16.6. The van der Waals surface area contributed by atoms with Crippen LogP contribution in [0.4, 0.5) is 5.69 Å². The minimum atomic E-state index is -0.429. The number of hydrogen-bond donors (Lipinski definition) is 1. The molecule has 0 aliphatic carbocycles. The van der Waals surface area contributed by atoms with Gasteiger partial charge in [-0.3, -0.25) is 10.1 Å². The van der Waals surface area contributed by atoms with E-state index in [0.29, 0.717) is 31.2 Å². The van der Waals surface area contributed by atoms with Crippen molar-refractivity contribution in [3.05, 3.63) is 46.1 Å². The third-order valence-corrected chi connectivity index (χ3v) is 2.71. The molecular formula is C12H14N4O4. The molecule has 1 N–H and O–H groups in total. The van der Waals surface area contributed by atoms with Crippen LogP contribution in [0.25, 0.3) is 0 Å². The van der Waals surface area contributed by atoms with Gasteiger partial charge in [0, 0.05) is 37.2 Å². The Hall–Kier alpha value is -2.48. The molecular weight excluding hydrogens is 264 g/mol. The maximum Gasteiger partial charge on any atom is 0.270 e. The van der Waals surface area contributed by atoms with Crippen LogP contribution in [-0.2, 0) is 13.0 Å². The van der Waals surface area contributed by atoms with E-state index in [4.69, 9.17) is 9.26 Å². The Morgan fingerprint density at radius 3 is 3.00 bits per heavy atom. The number of rotatable bonds is 7. The number of nitrogens with one attached hydrogen (secondary N) is 1. The van der Waals surface area contributed by atoms with Crippen molar-refractivity contribution in [2.75, 3.05) is 13.7 Å². The molecule has 20 heavy (non-hydrogen) atoms. The lowest BCUT2D eigenvalue weighted by Crippen LogP contribution is -2.17. The molecule has 1 aromatic heterocycles. The standard InChI is InChI=1S/C12H14N4O4/c1-19-11-3-2-10(16(17)18)6-9(11)7-13-5-4-12-14-8-15-20-12/h2-3,6,8,13H,4-5,7H2,1H3. The first-order valence-electron chi connectivity index (χ1n) is 5.98. The van der Waals surface area contributed by atoms with Crippen molar-refractivity contribution in [3.8, 4) is 5.75 Å². The molecule has 1 aromatic carbocycles. The van der Waals surface area contributed by atoms with Crippen LogP contribution in [0.5, 0.6) is 5.75 Å². The van der Waals surface area contributed by atoms with E-state index in [2.05, 4.69) is 15.5 Å². The Morgan fingerprint density at radius 1 is 1.50 bits per heavy atom. The first-order chi connectivity index (χ1) is 9.70. The number of aromatic nitrogens is 2. The number of nitro groups is 1. The zero-order chi connectivity index (χ0) is 14.4. The summed E-state index contributed by atoms with van der Waals surface area (Å²) in [6.45, 7) is 1.08. The molecule has 0 aliphatic rings. The van der Waals surface area contributed by atoms with Crippen LogP contribution in [-0.4, -0.2) is 28.7 Å². The van der Waals surface area contributed by atoms with E-state index in [-0.39, 0.29) is 5.69 Å². The van der Waals surface area contributed by atoms with Crippen molar-refractivity contribution in [1.29, 1.82) is 0 Å². The highest BCUT2D eigenvalue weighted by Gasteiger charge is 2.11. The van der Waals surface area contributed by atoms with Gasteiger partial charge in [0.15, 0.2) is 6.33 Å². The first-order valence-corrected chi connectivity index (χ1v) is 5.98. The molecule has 2 aromatic rings. The number of nitro benzene ring substituents is 1. The number of non-ortho nitro benzene ring substituents is 1. The highest BCUT2D eigenvalue weighted by molar-refractivity contribution is 5.43. The van der Waals surface area contributed by atoms with Gasteiger partial charge in [-0.25, -0.2) is 0 Å². The molecule has 0 unspecified atom stereocenters. The predicted molar refractivity (Wildman–Crippen MR) is 69.4 cm³/mol. The van der Waals surface area contributed by atoms with E-state index in [9.17, 15) is 10.1 Å². The predicted octanol–water partition coefficient (Wildman–Crippen LogP) is 1.32. The summed E-state index contributed by atoms with van der Waals surface area (Å²) < 4.78 is 10.0. The monoisotopic (exact) mass is 278 g/mol. The second-order valence-corrected chi connectivity index (χ2v) is 4.02. The van der Waals surface area contributed by atoms with Crippen LogP contribution in [0.15, 0.2) is 29.0 Å². The molecule has 0 radical (unpaired) electrons. The second kappa shape index (κ2) is 6.62. The van der Waals surface area contributed by atoms with Gasteiger partial charge in [0.25, 0.3) is 5.69 Å². The van der Waals surface area contributed by atoms with Crippen LogP contribution in [0.3, 0.4) is 0 Å². The zero-order valence-corrected chi connectivity index (χ0v) is 10.9. The van der Waals surface area contributed by atoms with Crippen molar-refractivity contribution < 1.29 is 14.2 Å². The average Bonchev–Trinajstić information content (AvgIpc) is 2.96. The van der Waals surface area contributed by atoms with E-state index >= 15 is 0 Å². The van der Waals surface area contributed by atoms with Gasteiger partial charge in [-0.1, -0.05) is 5.16 Å². The van der Waals surface area contributed by atoms with E-state index in [0.717, 1.165) is 5.56 Å². The molecule has 0 saturated carbocycles.